The number of thiazole rings is 1. The molecule has 0 fully saturated rings. The lowest BCUT2D eigenvalue weighted by molar-refractivity contribution is 0.303. The zero-order valence-electron chi connectivity index (χ0n) is 11.7. The maximum absolute atomic E-state index is 9.51. The van der Waals surface area contributed by atoms with Crippen LogP contribution in [-0.4, -0.2) is 10.1 Å². The smallest absolute Gasteiger partial charge is 0.140 e. The van der Waals surface area contributed by atoms with Gasteiger partial charge in [0.2, 0.25) is 0 Å². The Morgan fingerprint density at radius 1 is 1.26 bits per heavy atom. The fraction of sp³-hybridized carbons (Fsp3) is 0.400. The largest absolute Gasteiger partial charge is 0.508 e. The lowest BCUT2D eigenvalue weighted by Gasteiger charge is -2.14. The minimum absolute atomic E-state index is 0.0658. The Kier molecular flexibility index (Phi) is 3.80. The molecule has 0 radical (unpaired) electrons. The Hall–Kier alpha value is -1.55. The van der Waals surface area contributed by atoms with Gasteiger partial charge in [-0.1, -0.05) is 20.8 Å². The second-order valence-corrected chi connectivity index (χ2v) is 6.61. The number of nitrogens with zero attached hydrogens (tertiary/aromatic N) is 1. The summed E-state index contributed by atoms with van der Waals surface area (Å²) in [5, 5.41) is 12.5. The first kappa shape index (κ1) is 13.9. The fourth-order valence-electron chi connectivity index (χ4n) is 1.68. The standard InChI is InChI=1S/C15H19NO2S/c1-10-5-11(17)7-12(6-10)18-8-14-16-13(9-19-14)15(2,3)4/h5-7,9,17H,8H2,1-4H3. The highest BCUT2D eigenvalue weighted by molar-refractivity contribution is 7.09. The van der Waals surface area contributed by atoms with Crippen molar-refractivity contribution in [2.24, 2.45) is 0 Å². The minimum atomic E-state index is 0.0658. The summed E-state index contributed by atoms with van der Waals surface area (Å²) < 4.78 is 5.67. The van der Waals surface area contributed by atoms with E-state index >= 15 is 0 Å². The number of aryl methyl sites for hydroxylation is 1. The van der Waals surface area contributed by atoms with E-state index in [1.54, 1.807) is 23.5 Å². The first-order chi connectivity index (χ1) is 8.84. The van der Waals surface area contributed by atoms with Crippen LogP contribution in [0.1, 0.15) is 37.0 Å². The van der Waals surface area contributed by atoms with Crippen molar-refractivity contribution in [1.82, 2.24) is 4.98 Å². The van der Waals surface area contributed by atoms with Gasteiger partial charge in [-0.25, -0.2) is 4.98 Å². The molecule has 1 aromatic heterocycles. The van der Waals surface area contributed by atoms with Crippen molar-refractivity contribution in [3.05, 3.63) is 39.8 Å². The number of phenols is 1. The molecule has 1 heterocycles. The molecule has 4 heteroatoms. The van der Waals surface area contributed by atoms with Gasteiger partial charge >= 0.3 is 0 Å². The van der Waals surface area contributed by atoms with Crippen LogP contribution in [0.4, 0.5) is 0 Å². The van der Waals surface area contributed by atoms with Crippen LogP contribution in [0.15, 0.2) is 23.6 Å². The van der Waals surface area contributed by atoms with Crippen molar-refractivity contribution in [3.8, 4) is 11.5 Å². The molecule has 3 nitrogen and oxygen atoms in total. The van der Waals surface area contributed by atoms with Gasteiger partial charge in [-0.3, -0.25) is 0 Å². The van der Waals surface area contributed by atoms with Gasteiger partial charge in [0.05, 0.1) is 5.69 Å². The summed E-state index contributed by atoms with van der Waals surface area (Å²) in [6.07, 6.45) is 0. The van der Waals surface area contributed by atoms with Gasteiger partial charge in [-0.15, -0.1) is 11.3 Å². The predicted octanol–water partition coefficient (Wildman–Crippen LogP) is 4.03. The van der Waals surface area contributed by atoms with E-state index in [0.29, 0.717) is 12.4 Å². The highest BCUT2D eigenvalue weighted by atomic mass is 32.1. The van der Waals surface area contributed by atoms with E-state index in [2.05, 4.69) is 31.1 Å². The van der Waals surface area contributed by atoms with Crippen molar-refractivity contribution < 1.29 is 9.84 Å². The zero-order valence-corrected chi connectivity index (χ0v) is 12.5. The van der Waals surface area contributed by atoms with Crippen molar-refractivity contribution in [1.29, 1.82) is 0 Å². The lowest BCUT2D eigenvalue weighted by atomic mass is 9.93. The monoisotopic (exact) mass is 277 g/mol. The van der Waals surface area contributed by atoms with E-state index in [-0.39, 0.29) is 11.2 Å². The number of hydrogen-bond donors (Lipinski definition) is 1. The molecule has 2 aromatic rings. The van der Waals surface area contributed by atoms with Crippen LogP contribution in [0.2, 0.25) is 0 Å². The van der Waals surface area contributed by atoms with Crippen LogP contribution < -0.4 is 4.74 Å². The second-order valence-electron chi connectivity index (χ2n) is 5.67. The van der Waals surface area contributed by atoms with Crippen molar-refractivity contribution in [2.75, 3.05) is 0 Å². The van der Waals surface area contributed by atoms with E-state index in [0.717, 1.165) is 16.3 Å². The van der Waals surface area contributed by atoms with Crippen molar-refractivity contribution in [2.45, 2.75) is 39.7 Å². The molecule has 0 atom stereocenters. The SMILES string of the molecule is Cc1cc(O)cc(OCc2nc(C(C)(C)C)cs2)c1. The van der Waals surface area contributed by atoms with E-state index < -0.39 is 0 Å². The molecular formula is C15H19NO2S. The van der Waals surface area contributed by atoms with E-state index in [1.807, 2.05) is 13.0 Å². The molecule has 0 aliphatic rings. The van der Waals surface area contributed by atoms with E-state index in [9.17, 15) is 5.11 Å². The van der Waals surface area contributed by atoms with Crippen molar-refractivity contribution in [3.63, 3.8) is 0 Å². The van der Waals surface area contributed by atoms with Gasteiger partial charge < -0.3 is 9.84 Å². The lowest BCUT2D eigenvalue weighted by Crippen LogP contribution is -2.11. The number of hydrogen-bond acceptors (Lipinski definition) is 4. The van der Waals surface area contributed by atoms with Gasteiger partial charge in [-0.2, -0.15) is 0 Å². The number of benzene rings is 1. The molecule has 19 heavy (non-hydrogen) atoms. The summed E-state index contributed by atoms with van der Waals surface area (Å²) in [4.78, 5) is 4.57. The number of ether oxygens (including phenoxy) is 1. The first-order valence-corrected chi connectivity index (χ1v) is 7.11. The molecule has 102 valence electrons. The third-order valence-electron chi connectivity index (χ3n) is 2.72. The summed E-state index contributed by atoms with van der Waals surface area (Å²) in [6.45, 7) is 8.79. The molecule has 0 amide bonds. The third kappa shape index (κ3) is 3.70. The van der Waals surface area contributed by atoms with Crippen LogP contribution in [0, 0.1) is 6.92 Å². The summed E-state index contributed by atoms with van der Waals surface area (Å²) in [5.74, 6) is 0.898. The van der Waals surface area contributed by atoms with Gasteiger partial charge in [0.15, 0.2) is 0 Å². The van der Waals surface area contributed by atoms with Gasteiger partial charge in [0, 0.05) is 16.9 Å². The van der Waals surface area contributed by atoms with Crippen LogP contribution in [0.3, 0.4) is 0 Å². The molecule has 0 bridgehead atoms. The summed E-state index contributed by atoms with van der Waals surface area (Å²) in [6, 6.07) is 5.22. The molecule has 0 saturated heterocycles. The molecular weight excluding hydrogens is 258 g/mol. The van der Waals surface area contributed by atoms with Gasteiger partial charge in [0.1, 0.15) is 23.1 Å². The summed E-state index contributed by atoms with van der Waals surface area (Å²) >= 11 is 1.61. The fourth-order valence-corrected chi connectivity index (χ4v) is 2.61. The van der Waals surface area contributed by atoms with Crippen LogP contribution in [0.25, 0.3) is 0 Å². The maximum Gasteiger partial charge on any atom is 0.140 e. The molecule has 2 rings (SSSR count). The number of rotatable bonds is 3. The van der Waals surface area contributed by atoms with Crippen LogP contribution >= 0.6 is 11.3 Å². The average molecular weight is 277 g/mol. The number of phenolic OH excluding ortho intramolecular Hbond substituents is 1. The Balaban J connectivity index is 2.04. The highest BCUT2D eigenvalue weighted by Gasteiger charge is 2.17. The summed E-state index contributed by atoms with van der Waals surface area (Å²) in [7, 11) is 0. The Morgan fingerprint density at radius 3 is 2.58 bits per heavy atom. The maximum atomic E-state index is 9.51. The molecule has 0 spiro atoms. The summed E-state index contributed by atoms with van der Waals surface area (Å²) in [5.41, 5.74) is 2.13. The molecule has 0 aliphatic carbocycles. The Morgan fingerprint density at radius 2 is 2.00 bits per heavy atom. The molecule has 1 aromatic carbocycles. The predicted molar refractivity (Wildman–Crippen MR) is 78.0 cm³/mol. The number of aromatic hydroxyl groups is 1. The topological polar surface area (TPSA) is 42.4 Å². The minimum Gasteiger partial charge on any atom is -0.508 e. The highest BCUT2D eigenvalue weighted by Crippen LogP contribution is 2.26. The second kappa shape index (κ2) is 5.21. The normalized spacial score (nSPS) is 11.6. The average Bonchev–Trinajstić information content (AvgIpc) is 2.73. The third-order valence-corrected chi connectivity index (χ3v) is 3.54. The molecule has 0 aliphatic heterocycles. The molecule has 0 unspecified atom stereocenters. The van der Waals surface area contributed by atoms with Crippen LogP contribution in [0.5, 0.6) is 11.5 Å². The van der Waals surface area contributed by atoms with Crippen LogP contribution in [-0.2, 0) is 12.0 Å². The van der Waals surface area contributed by atoms with Gasteiger partial charge in [-0.05, 0) is 24.6 Å². The Bertz CT molecular complexity index is 550. The molecule has 0 saturated carbocycles. The van der Waals surface area contributed by atoms with Crippen molar-refractivity contribution >= 4 is 11.3 Å². The van der Waals surface area contributed by atoms with Gasteiger partial charge in [0.25, 0.3) is 0 Å². The zero-order chi connectivity index (χ0) is 14.0. The quantitative estimate of drug-likeness (QED) is 0.921. The van der Waals surface area contributed by atoms with E-state index in [4.69, 9.17) is 4.74 Å². The first-order valence-electron chi connectivity index (χ1n) is 6.23. The van der Waals surface area contributed by atoms with E-state index in [1.165, 1.54) is 0 Å². The molecule has 1 N–H and O–H groups in total. The number of aromatic nitrogens is 1. The Labute approximate surface area is 117 Å².